The van der Waals surface area contributed by atoms with E-state index < -0.39 is 0 Å². The van der Waals surface area contributed by atoms with Crippen molar-refractivity contribution in [2.75, 3.05) is 10.6 Å². The molecule has 5 heteroatoms. The summed E-state index contributed by atoms with van der Waals surface area (Å²) in [5.41, 5.74) is 0.750. The number of aromatic nitrogens is 1. The molecule has 1 aromatic heterocycles. The minimum Gasteiger partial charge on any atom is -0.308 e. The van der Waals surface area contributed by atoms with E-state index in [1.54, 1.807) is 0 Å². The normalized spacial score (nSPS) is 10.3. The first-order chi connectivity index (χ1) is 9.33. The Morgan fingerprint density at radius 1 is 0.947 bits per heavy atom. The maximum Gasteiger partial charge on any atom is 0.324 e. The quantitative estimate of drug-likeness (QED) is 0.740. The zero-order valence-electron chi connectivity index (χ0n) is 9.96. The molecule has 0 saturated carbocycles. The third-order valence-electron chi connectivity index (χ3n) is 2.64. The SMILES string of the molecule is O=C(Nc1ccccc1)Nc1nsc2ccccc12. The highest BCUT2D eigenvalue weighted by molar-refractivity contribution is 7.13. The molecule has 3 rings (SSSR count). The molecule has 19 heavy (non-hydrogen) atoms. The van der Waals surface area contributed by atoms with E-state index in [1.807, 2.05) is 54.6 Å². The Kier molecular flexibility index (Phi) is 3.12. The van der Waals surface area contributed by atoms with Crippen LogP contribution in [0, 0.1) is 0 Å². The lowest BCUT2D eigenvalue weighted by atomic mass is 10.2. The van der Waals surface area contributed by atoms with E-state index in [0.29, 0.717) is 5.82 Å². The molecule has 2 aromatic carbocycles. The number of urea groups is 1. The summed E-state index contributed by atoms with van der Waals surface area (Å²) in [6.45, 7) is 0. The maximum atomic E-state index is 11.9. The monoisotopic (exact) mass is 269 g/mol. The smallest absolute Gasteiger partial charge is 0.308 e. The van der Waals surface area contributed by atoms with Crippen LogP contribution in [-0.2, 0) is 0 Å². The largest absolute Gasteiger partial charge is 0.324 e. The number of para-hydroxylation sites is 1. The van der Waals surface area contributed by atoms with E-state index in [0.717, 1.165) is 15.8 Å². The Balaban J connectivity index is 1.76. The van der Waals surface area contributed by atoms with E-state index >= 15 is 0 Å². The van der Waals surface area contributed by atoms with Crippen LogP contribution in [0.2, 0.25) is 0 Å². The summed E-state index contributed by atoms with van der Waals surface area (Å²) in [7, 11) is 0. The van der Waals surface area contributed by atoms with Crippen molar-refractivity contribution in [3.05, 3.63) is 54.6 Å². The molecule has 0 bridgehead atoms. The molecule has 0 spiro atoms. The number of rotatable bonds is 2. The van der Waals surface area contributed by atoms with Gasteiger partial charge in [0.2, 0.25) is 0 Å². The lowest BCUT2D eigenvalue weighted by Crippen LogP contribution is -2.19. The van der Waals surface area contributed by atoms with E-state index in [2.05, 4.69) is 15.0 Å². The van der Waals surface area contributed by atoms with Crippen LogP contribution in [0.4, 0.5) is 16.3 Å². The summed E-state index contributed by atoms with van der Waals surface area (Å²) in [5.74, 6) is 0.592. The van der Waals surface area contributed by atoms with E-state index in [4.69, 9.17) is 0 Å². The zero-order chi connectivity index (χ0) is 13.1. The van der Waals surface area contributed by atoms with Gasteiger partial charge in [0.15, 0.2) is 5.82 Å². The number of nitrogens with one attached hydrogen (secondary N) is 2. The van der Waals surface area contributed by atoms with Gasteiger partial charge in [-0.15, -0.1) is 0 Å². The molecule has 3 aromatic rings. The van der Waals surface area contributed by atoms with Gasteiger partial charge in [-0.05, 0) is 35.8 Å². The summed E-state index contributed by atoms with van der Waals surface area (Å²) in [4.78, 5) is 11.9. The van der Waals surface area contributed by atoms with Crippen LogP contribution in [0.25, 0.3) is 10.1 Å². The Morgan fingerprint density at radius 2 is 1.68 bits per heavy atom. The van der Waals surface area contributed by atoms with E-state index in [9.17, 15) is 4.79 Å². The van der Waals surface area contributed by atoms with Gasteiger partial charge in [-0.1, -0.05) is 30.3 Å². The molecule has 0 fully saturated rings. The molecule has 2 amide bonds. The maximum absolute atomic E-state index is 11.9. The van der Waals surface area contributed by atoms with Crippen molar-refractivity contribution in [2.24, 2.45) is 0 Å². The van der Waals surface area contributed by atoms with Crippen LogP contribution < -0.4 is 10.6 Å². The Morgan fingerprint density at radius 3 is 2.53 bits per heavy atom. The molecule has 94 valence electrons. The van der Waals surface area contributed by atoms with Gasteiger partial charge in [0.1, 0.15) is 0 Å². The van der Waals surface area contributed by atoms with E-state index in [-0.39, 0.29) is 6.03 Å². The lowest BCUT2D eigenvalue weighted by Gasteiger charge is -2.05. The third-order valence-corrected chi connectivity index (χ3v) is 3.47. The zero-order valence-corrected chi connectivity index (χ0v) is 10.8. The first-order valence-electron chi connectivity index (χ1n) is 5.80. The number of fused-ring (bicyclic) bond motifs is 1. The second kappa shape index (κ2) is 5.07. The second-order valence-electron chi connectivity index (χ2n) is 3.97. The number of carbonyl (C=O) groups excluding carboxylic acids is 1. The standard InChI is InChI=1S/C14H11N3OS/c18-14(15-10-6-2-1-3-7-10)16-13-11-8-4-5-9-12(11)19-17-13/h1-9H,(H2,15,16,17,18). The topological polar surface area (TPSA) is 54.0 Å². The Labute approximate surface area is 114 Å². The Bertz CT molecular complexity index is 709. The highest BCUT2D eigenvalue weighted by Crippen LogP contribution is 2.26. The lowest BCUT2D eigenvalue weighted by molar-refractivity contribution is 0.262. The number of carbonyl (C=O) groups is 1. The van der Waals surface area contributed by atoms with Crippen LogP contribution in [0.3, 0.4) is 0 Å². The fourth-order valence-electron chi connectivity index (χ4n) is 1.77. The first-order valence-corrected chi connectivity index (χ1v) is 6.58. The van der Waals surface area contributed by atoms with Gasteiger partial charge in [-0.25, -0.2) is 4.79 Å². The summed E-state index contributed by atoms with van der Waals surface area (Å²) in [6.07, 6.45) is 0. The van der Waals surface area contributed by atoms with Crippen molar-refractivity contribution in [1.29, 1.82) is 0 Å². The molecule has 0 unspecified atom stereocenters. The van der Waals surface area contributed by atoms with Crippen molar-refractivity contribution in [3.63, 3.8) is 0 Å². The van der Waals surface area contributed by atoms with Crippen molar-refractivity contribution in [2.45, 2.75) is 0 Å². The highest BCUT2D eigenvalue weighted by Gasteiger charge is 2.08. The molecule has 0 radical (unpaired) electrons. The summed E-state index contributed by atoms with van der Waals surface area (Å²) < 4.78 is 5.30. The number of hydrogen-bond acceptors (Lipinski definition) is 3. The minimum atomic E-state index is -0.290. The van der Waals surface area contributed by atoms with E-state index in [1.165, 1.54) is 11.5 Å². The van der Waals surface area contributed by atoms with Gasteiger partial charge in [-0.2, -0.15) is 4.37 Å². The third kappa shape index (κ3) is 2.56. The fourth-order valence-corrected chi connectivity index (χ4v) is 2.50. The summed E-state index contributed by atoms with van der Waals surface area (Å²) >= 11 is 1.37. The van der Waals surface area contributed by atoms with Crippen LogP contribution in [0.1, 0.15) is 0 Å². The Hall–Kier alpha value is -2.40. The van der Waals surface area contributed by atoms with Gasteiger partial charge in [0.25, 0.3) is 0 Å². The van der Waals surface area contributed by atoms with Crippen LogP contribution in [-0.4, -0.2) is 10.4 Å². The number of nitrogens with zero attached hydrogens (tertiary/aromatic N) is 1. The molecule has 4 nitrogen and oxygen atoms in total. The number of anilines is 2. The molecule has 2 N–H and O–H groups in total. The van der Waals surface area contributed by atoms with Gasteiger partial charge < -0.3 is 5.32 Å². The van der Waals surface area contributed by atoms with Gasteiger partial charge in [0.05, 0.1) is 4.70 Å². The number of amides is 2. The predicted octanol–water partition coefficient (Wildman–Crippen LogP) is 3.94. The molecule has 0 aliphatic rings. The average Bonchev–Trinajstić information content (AvgIpc) is 2.83. The molecule has 0 atom stereocenters. The second-order valence-corrected chi connectivity index (χ2v) is 4.78. The summed E-state index contributed by atoms with van der Waals surface area (Å²) in [5, 5.41) is 6.48. The van der Waals surface area contributed by atoms with Crippen LogP contribution >= 0.6 is 11.5 Å². The molecular weight excluding hydrogens is 258 g/mol. The van der Waals surface area contributed by atoms with Crippen molar-refractivity contribution in [3.8, 4) is 0 Å². The average molecular weight is 269 g/mol. The summed E-state index contributed by atoms with van der Waals surface area (Å²) in [6, 6.07) is 16.8. The molecule has 0 aliphatic heterocycles. The van der Waals surface area contributed by atoms with Crippen molar-refractivity contribution in [1.82, 2.24) is 4.37 Å². The van der Waals surface area contributed by atoms with Gasteiger partial charge in [0, 0.05) is 11.1 Å². The van der Waals surface area contributed by atoms with Crippen LogP contribution in [0.5, 0.6) is 0 Å². The first kappa shape index (κ1) is 11.7. The number of benzene rings is 2. The molecule has 0 aliphatic carbocycles. The number of hydrogen-bond donors (Lipinski definition) is 2. The van der Waals surface area contributed by atoms with Gasteiger partial charge >= 0.3 is 6.03 Å². The molecule has 0 saturated heterocycles. The fraction of sp³-hybridized carbons (Fsp3) is 0. The highest BCUT2D eigenvalue weighted by atomic mass is 32.1. The van der Waals surface area contributed by atoms with Crippen molar-refractivity contribution >= 4 is 39.2 Å². The van der Waals surface area contributed by atoms with Gasteiger partial charge in [-0.3, -0.25) is 5.32 Å². The minimum absolute atomic E-state index is 0.290. The predicted molar refractivity (Wildman–Crippen MR) is 78.7 cm³/mol. The van der Waals surface area contributed by atoms with Crippen LogP contribution in [0.15, 0.2) is 54.6 Å². The molecular formula is C14H11N3OS. The molecule has 1 heterocycles. The van der Waals surface area contributed by atoms with Crippen molar-refractivity contribution < 1.29 is 4.79 Å².